The van der Waals surface area contributed by atoms with E-state index in [2.05, 4.69) is 29.6 Å². The third-order valence-electron chi connectivity index (χ3n) is 6.36. The monoisotopic (exact) mass is 490 g/mol. The van der Waals surface area contributed by atoms with E-state index in [0.717, 1.165) is 17.0 Å². The van der Waals surface area contributed by atoms with Gasteiger partial charge in [0.15, 0.2) is 5.78 Å². The molecule has 2 heterocycles. The smallest absolute Gasteiger partial charge is 0.261 e. The van der Waals surface area contributed by atoms with Gasteiger partial charge in [0.1, 0.15) is 23.2 Å². The maximum absolute atomic E-state index is 13.3. The van der Waals surface area contributed by atoms with Crippen molar-refractivity contribution in [1.82, 2.24) is 9.78 Å². The Labute approximate surface area is 209 Å². The van der Waals surface area contributed by atoms with E-state index in [1.165, 1.54) is 0 Å². The van der Waals surface area contributed by atoms with Crippen LogP contribution < -0.4 is 15.4 Å². The molecule has 2 N–H and O–H groups in total. The van der Waals surface area contributed by atoms with Gasteiger partial charge in [-0.25, -0.2) is 4.68 Å². The van der Waals surface area contributed by atoms with Crippen molar-refractivity contribution >= 4 is 34.8 Å². The van der Waals surface area contributed by atoms with E-state index in [9.17, 15) is 9.59 Å². The fourth-order valence-electron chi connectivity index (χ4n) is 4.83. The van der Waals surface area contributed by atoms with Crippen LogP contribution in [0.25, 0.3) is 0 Å². The lowest BCUT2D eigenvalue weighted by molar-refractivity contribution is -0.118. The molecule has 5 rings (SSSR count). The summed E-state index contributed by atoms with van der Waals surface area (Å²) in [5.74, 6) is 1.11. The van der Waals surface area contributed by atoms with Crippen molar-refractivity contribution in [3.63, 3.8) is 0 Å². The number of carbonyl (C=O) groups is 2. The number of allylic oxidation sites excluding steroid dienone is 2. The van der Waals surface area contributed by atoms with E-state index in [4.69, 9.17) is 16.3 Å². The molecule has 1 aromatic heterocycles. The zero-order valence-corrected chi connectivity index (χ0v) is 20.6. The van der Waals surface area contributed by atoms with Gasteiger partial charge in [-0.15, -0.1) is 0 Å². The molecule has 2 aliphatic rings. The third-order valence-corrected chi connectivity index (χ3v) is 6.61. The quantitative estimate of drug-likeness (QED) is 0.469. The van der Waals surface area contributed by atoms with E-state index in [0.29, 0.717) is 47.1 Å². The summed E-state index contributed by atoms with van der Waals surface area (Å²) in [6, 6.07) is 14.2. The Bertz CT molecular complexity index is 1320. The number of rotatable bonds is 5. The van der Waals surface area contributed by atoms with E-state index in [1.54, 1.807) is 35.1 Å². The number of amides is 1. The molecule has 1 amide bonds. The molecule has 8 heteroatoms. The highest BCUT2D eigenvalue weighted by atomic mass is 35.5. The summed E-state index contributed by atoms with van der Waals surface area (Å²) in [6.45, 7) is 6.66. The second kappa shape index (κ2) is 8.89. The second-order valence-electron chi connectivity index (χ2n) is 9.68. The summed E-state index contributed by atoms with van der Waals surface area (Å²) in [4.78, 5) is 26.6. The Morgan fingerprint density at radius 1 is 1.17 bits per heavy atom. The van der Waals surface area contributed by atoms with Gasteiger partial charge in [-0.05, 0) is 60.7 Å². The topological polar surface area (TPSA) is 85.2 Å². The molecule has 180 valence electrons. The van der Waals surface area contributed by atoms with E-state index >= 15 is 0 Å². The fraction of sp³-hybridized carbons (Fsp3) is 0.296. The number of hydrogen-bond donors (Lipinski definition) is 2. The van der Waals surface area contributed by atoms with Crippen LogP contribution in [0.1, 0.15) is 55.6 Å². The predicted molar refractivity (Wildman–Crippen MR) is 136 cm³/mol. The molecular weight excluding hydrogens is 464 g/mol. The number of hydrogen-bond acceptors (Lipinski definition) is 5. The highest BCUT2D eigenvalue weighted by Gasteiger charge is 2.42. The molecule has 0 saturated heterocycles. The summed E-state index contributed by atoms with van der Waals surface area (Å²) in [6.07, 6.45) is 2.70. The first-order valence-corrected chi connectivity index (χ1v) is 12.0. The van der Waals surface area contributed by atoms with Crippen LogP contribution in [0.15, 0.2) is 66.0 Å². The maximum atomic E-state index is 13.3. The minimum Gasteiger partial charge on any atom is -0.494 e. The average molecular weight is 491 g/mol. The third kappa shape index (κ3) is 4.44. The molecule has 0 spiro atoms. The van der Waals surface area contributed by atoms with E-state index < -0.39 is 6.04 Å². The van der Waals surface area contributed by atoms with Crippen molar-refractivity contribution in [2.24, 2.45) is 5.41 Å². The Hall–Kier alpha value is -3.58. The molecule has 3 aromatic rings. The van der Waals surface area contributed by atoms with Crippen molar-refractivity contribution in [3.8, 4) is 5.75 Å². The molecule has 0 saturated carbocycles. The predicted octanol–water partition coefficient (Wildman–Crippen LogP) is 5.85. The Morgan fingerprint density at radius 2 is 1.89 bits per heavy atom. The highest BCUT2D eigenvalue weighted by molar-refractivity contribution is 6.30. The van der Waals surface area contributed by atoms with Crippen molar-refractivity contribution in [1.29, 1.82) is 0 Å². The minimum atomic E-state index is -0.436. The summed E-state index contributed by atoms with van der Waals surface area (Å²) < 4.78 is 7.20. The lowest BCUT2D eigenvalue weighted by atomic mass is 9.73. The normalized spacial score (nSPS) is 18.4. The molecule has 35 heavy (non-hydrogen) atoms. The number of carbonyl (C=O) groups excluding carboxylic acids is 2. The van der Waals surface area contributed by atoms with Gasteiger partial charge in [-0.3, -0.25) is 9.59 Å². The fourth-order valence-corrected chi connectivity index (χ4v) is 4.96. The number of anilines is 2. The van der Waals surface area contributed by atoms with Gasteiger partial charge in [-0.1, -0.05) is 37.6 Å². The zero-order valence-electron chi connectivity index (χ0n) is 19.9. The summed E-state index contributed by atoms with van der Waals surface area (Å²) in [5.41, 5.74) is 3.30. The summed E-state index contributed by atoms with van der Waals surface area (Å²) in [7, 11) is 0. The van der Waals surface area contributed by atoms with Crippen molar-refractivity contribution < 1.29 is 14.3 Å². The molecule has 7 nitrogen and oxygen atoms in total. The first kappa shape index (κ1) is 23.2. The average Bonchev–Trinajstić information content (AvgIpc) is 3.23. The number of aromatic nitrogens is 2. The molecule has 1 unspecified atom stereocenters. The zero-order chi connectivity index (χ0) is 24.7. The largest absolute Gasteiger partial charge is 0.494 e. The van der Waals surface area contributed by atoms with Crippen molar-refractivity contribution in [2.75, 3.05) is 17.2 Å². The molecule has 1 aliphatic heterocycles. The molecular formula is C27H27ClN4O3. The van der Waals surface area contributed by atoms with Crippen LogP contribution in [0.2, 0.25) is 5.02 Å². The molecule has 0 fully saturated rings. The lowest BCUT2D eigenvalue weighted by Gasteiger charge is -2.39. The van der Waals surface area contributed by atoms with Gasteiger partial charge in [0.05, 0.1) is 12.8 Å². The van der Waals surface area contributed by atoms with Gasteiger partial charge in [0, 0.05) is 28.4 Å². The standard InChI is InChI=1S/C27H27ClN4O3/c1-4-35-19-11-9-18(10-12-19)30-26(34)20-15-29-32-24(16-5-7-17(28)8-6-16)23-21(31-25(20)32)13-27(2,3)14-22(23)33/h5-12,15,24,31H,4,13-14H2,1-3H3,(H,30,34). The van der Waals surface area contributed by atoms with Crippen LogP contribution in [0.3, 0.4) is 0 Å². The number of fused-ring (bicyclic) bond motifs is 1. The van der Waals surface area contributed by atoms with Gasteiger partial charge >= 0.3 is 0 Å². The maximum Gasteiger partial charge on any atom is 0.261 e. The number of nitrogens with one attached hydrogen (secondary N) is 2. The summed E-state index contributed by atoms with van der Waals surface area (Å²) in [5, 5.41) is 11.5. The first-order chi connectivity index (χ1) is 16.8. The Kier molecular flexibility index (Phi) is 5.89. The number of Topliss-reactive ketones (excluding diaryl/α,β-unsaturated/α-hetero) is 1. The van der Waals surface area contributed by atoms with E-state index in [-0.39, 0.29) is 17.1 Å². The SMILES string of the molecule is CCOc1ccc(NC(=O)c2cnn3c2NC2=C(C(=O)CC(C)(C)C2)C3c2ccc(Cl)cc2)cc1. The van der Waals surface area contributed by atoms with Gasteiger partial charge in [0.2, 0.25) is 0 Å². The van der Waals surface area contributed by atoms with Crippen molar-refractivity contribution in [2.45, 2.75) is 39.7 Å². The van der Waals surface area contributed by atoms with Crippen LogP contribution in [0.5, 0.6) is 5.75 Å². The molecule has 0 radical (unpaired) electrons. The minimum absolute atomic E-state index is 0.0882. The van der Waals surface area contributed by atoms with E-state index in [1.807, 2.05) is 31.2 Å². The number of halogens is 1. The first-order valence-electron chi connectivity index (χ1n) is 11.7. The van der Waals surface area contributed by atoms with Crippen LogP contribution in [0.4, 0.5) is 11.5 Å². The lowest BCUT2D eigenvalue weighted by Crippen LogP contribution is -2.36. The Morgan fingerprint density at radius 3 is 2.57 bits per heavy atom. The van der Waals surface area contributed by atoms with Crippen LogP contribution >= 0.6 is 11.6 Å². The van der Waals surface area contributed by atoms with Gasteiger partial charge in [-0.2, -0.15) is 5.10 Å². The second-order valence-corrected chi connectivity index (χ2v) is 10.1. The van der Waals surface area contributed by atoms with Crippen LogP contribution in [-0.2, 0) is 4.79 Å². The molecule has 1 aliphatic carbocycles. The van der Waals surface area contributed by atoms with Crippen LogP contribution in [-0.4, -0.2) is 28.1 Å². The molecule has 0 bridgehead atoms. The van der Waals surface area contributed by atoms with Gasteiger partial charge in [0.25, 0.3) is 5.91 Å². The van der Waals surface area contributed by atoms with Crippen molar-refractivity contribution in [3.05, 3.63) is 82.1 Å². The number of ether oxygens (including phenoxy) is 1. The molecule has 1 atom stereocenters. The number of nitrogens with zero attached hydrogens (tertiary/aromatic N) is 2. The number of ketones is 1. The molecule has 2 aromatic carbocycles. The van der Waals surface area contributed by atoms with Gasteiger partial charge < -0.3 is 15.4 Å². The Balaban J connectivity index is 1.52. The highest BCUT2D eigenvalue weighted by Crippen LogP contribution is 2.46. The number of benzene rings is 2. The van der Waals surface area contributed by atoms with Crippen LogP contribution in [0, 0.1) is 5.41 Å². The summed E-state index contributed by atoms with van der Waals surface area (Å²) >= 11 is 6.13.